The molecule has 126 valence electrons. The highest BCUT2D eigenvalue weighted by molar-refractivity contribution is 4.76. The third-order valence-electron chi connectivity index (χ3n) is 3.61. The molecule has 1 saturated heterocycles. The number of ether oxygens (including phenoxy) is 5. The van der Waals surface area contributed by atoms with Crippen LogP contribution >= 0.6 is 0 Å². The van der Waals surface area contributed by atoms with Gasteiger partial charge in [0.2, 0.25) is 0 Å². The largest absolute Gasteiger partial charge is 0.414 e. The average molecular weight is 306 g/mol. The Morgan fingerprint density at radius 1 is 1.14 bits per heavy atom. The van der Waals surface area contributed by atoms with Crippen molar-refractivity contribution in [2.45, 2.75) is 44.1 Å². The molecule has 0 radical (unpaired) electrons. The first kappa shape index (κ1) is 18.8. The van der Waals surface area contributed by atoms with Crippen molar-refractivity contribution >= 4 is 0 Å². The van der Waals surface area contributed by atoms with Crippen LogP contribution in [-0.2, 0) is 23.7 Å². The lowest BCUT2D eigenvalue weighted by Crippen LogP contribution is -2.51. The summed E-state index contributed by atoms with van der Waals surface area (Å²) in [5.74, 6) is -0.731. The number of nitrogens with one attached hydrogen (secondary N) is 1. The topological polar surface area (TPSA) is 84.2 Å². The second-order valence-corrected chi connectivity index (χ2v) is 5.07. The minimum absolute atomic E-state index is 0.637. The summed E-state index contributed by atoms with van der Waals surface area (Å²) in [5.41, 5.74) is 5.46. The van der Waals surface area contributed by atoms with Crippen LogP contribution in [0.2, 0.25) is 0 Å². The molecule has 0 spiro atoms. The highest BCUT2D eigenvalue weighted by Gasteiger charge is 2.45. The van der Waals surface area contributed by atoms with Crippen molar-refractivity contribution in [3.8, 4) is 0 Å². The van der Waals surface area contributed by atoms with Gasteiger partial charge in [0.05, 0.1) is 6.61 Å². The molecule has 0 aromatic rings. The fourth-order valence-electron chi connectivity index (χ4n) is 2.47. The van der Waals surface area contributed by atoms with E-state index in [-0.39, 0.29) is 0 Å². The molecule has 0 aliphatic carbocycles. The Morgan fingerprint density at radius 2 is 1.86 bits per heavy atom. The molecule has 0 aromatic carbocycles. The van der Waals surface area contributed by atoms with E-state index >= 15 is 0 Å². The zero-order valence-electron chi connectivity index (χ0n) is 13.5. The van der Waals surface area contributed by atoms with Gasteiger partial charge in [0.1, 0.15) is 0 Å². The highest BCUT2D eigenvalue weighted by Crippen LogP contribution is 2.35. The summed E-state index contributed by atoms with van der Waals surface area (Å²) in [5, 5.41) is 3.27. The molecule has 1 atom stereocenters. The molecule has 0 amide bonds. The highest BCUT2D eigenvalue weighted by atomic mass is 17.0. The van der Waals surface area contributed by atoms with E-state index in [0.29, 0.717) is 13.2 Å². The van der Waals surface area contributed by atoms with Crippen LogP contribution in [0, 0.1) is 0 Å². The van der Waals surface area contributed by atoms with Crippen molar-refractivity contribution in [1.82, 2.24) is 5.32 Å². The van der Waals surface area contributed by atoms with Crippen molar-refractivity contribution in [3.05, 3.63) is 0 Å². The number of hydrogen-bond acceptors (Lipinski definition) is 7. The Labute approximate surface area is 127 Å². The summed E-state index contributed by atoms with van der Waals surface area (Å²) in [7, 11) is 4.44. The fraction of sp³-hybridized carbons (Fsp3) is 1.00. The predicted molar refractivity (Wildman–Crippen MR) is 78.5 cm³/mol. The minimum Gasteiger partial charge on any atom is -0.350 e. The molecule has 7 nitrogen and oxygen atoms in total. The Kier molecular flexibility index (Phi) is 8.65. The third kappa shape index (κ3) is 5.78. The number of methoxy groups -OCH3 is 3. The van der Waals surface area contributed by atoms with Gasteiger partial charge in [-0.05, 0) is 25.8 Å². The van der Waals surface area contributed by atoms with Gasteiger partial charge in [-0.25, -0.2) is 0 Å². The normalized spacial score (nSPS) is 23.4. The minimum atomic E-state index is -1.53. The molecule has 0 aromatic heterocycles. The molecule has 7 heteroatoms. The van der Waals surface area contributed by atoms with Gasteiger partial charge in [0, 0.05) is 47.3 Å². The van der Waals surface area contributed by atoms with Crippen LogP contribution in [0.3, 0.4) is 0 Å². The Balaban J connectivity index is 2.60. The van der Waals surface area contributed by atoms with E-state index in [2.05, 4.69) is 5.32 Å². The molecular formula is C14H30N2O5. The summed E-state index contributed by atoms with van der Waals surface area (Å²) in [6, 6.07) is 0. The van der Waals surface area contributed by atoms with Crippen LogP contribution in [0.5, 0.6) is 0 Å². The molecule has 1 aliphatic heterocycles. The van der Waals surface area contributed by atoms with Gasteiger partial charge >= 0.3 is 6.16 Å². The fourth-order valence-corrected chi connectivity index (χ4v) is 2.47. The molecule has 0 bridgehead atoms. The summed E-state index contributed by atoms with van der Waals surface area (Å²) in [4.78, 5) is 0. The van der Waals surface area contributed by atoms with Crippen LogP contribution in [0.25, 0.3) is 0 Å². The molecule has 3 N–H and O–H groups in total. The molecule has 1 aliphatic rings. The van der Waals surface area contributed by atoms with Crippen molar-refractivity contribution in [2.24, 2.45) is 5.73 Å². The van der Waals surface area contributed by atoms with Gasteiger partial charge in [-0.1, -0.05) is 0 Å². The summed E-state index contributed by atoms with van der Waals surface area (Å²) >= 11 is 0. The zero-order valence-corrected chi connectivity index (χ0v) is 13.5. The van der Waals surface area contributed by atoms with E-state index in [9.17, 15) is 0 Å². The van der Waals surface area contributed by atoms with Crippen LogP contribution < -0.4 is 11.1 Å². The first-order valence-corrected chi connectivity index (χ1v) is 7.56. The second kappa shape index (κ2) is 9.68. The summed E-state index contributed by atoms with van der Waals surface area (Å²) in [6.45, 7) is 2.99. The van der Waals surface area contributed by atoms with E-state index in [1.54, 1.807) is 0 Å². The van der Waals surface area contributed by atoms with Gasteiger partial charge < -0.3 is 30.0 Å². The first-order chi connectivity index (χ1) is 10.2. The van der Waals surface area contributed by atoms with Crippen molar-refractivity contribution < 1.29 is 23.7 Å². The van der Waals surface area contributed by atoms with Crippen LogP contribution in [-0.4, -0.2) is 59.5 Å². The molecule has 1 rings (SSSR count). The molecule has 1 unspecified atom stereocenters. The van der Waals surface area contributed by atoms with Crippen molar-refractivity contribution in [1.29, 1.82) is 0 Å². The lowest BCUT2D eigenvalue weighted by Gasteiger charge is -2.42. The lowest BCUT2D eigenvalue weighted by molar-refractivity contribution is -0.529. The standard InChI is InChI=1S/C14H30N2O5/c1-17-14(18-2,19-3)21-13(7-4-5-12-20-13)8-6-10-16-11-9-15/h16H,4-12,15H2,1-3H3. The molecule has 0 saturated carbocycles. The zero-order chi connectivity index (χ0) is 15.6. The predicted octanol–water partition coefficient (Wildman–Crippen LogP) is 0.779. The van der Waals surface area contributed by atoms with Gasteiger partial charge in [0.15, 0.2) is 5.79 Å². The monoisotopic (exact) mass is 306 g/mol. The quantitative estimate of drug-likeness (QED) is 0.431. The smallest absolute Gasteiger partial charge is 0.350 e. The second-order valence-electron chi connectivity index (χ2n) is 5.07. The maximum Gasteiger partial charge on any atom is 0.414 e. The van der Waals surface area contributed by atoms with E-state index < -0.39 is 11.9 Å². The van der Waals surface area contributed by atoms with Crippen LogP contribution in [0.4, 0.5) is 0 Å². The van der Waals surface area contributed by atoms with E-state index in [1.165, 1.54) is 21.3 Å². The molecule has 1 heterocycles. The van der Waals surface area contributed by atoms with Gasteiger partial charge in [0.25, 0.3) is 0 Å². The van der Waals surface area contributed by atoms with Gasteiger partial charge in [-0.15, -0.1) is 0 Å². The number of nitrogens with two attached hydrogens (primary N) is 1. The summed E-state index contributed by atoms with van der Waals surface area (Å²) in [6.07, 6.45) is 3.00. The maximum atomic E-state index is 5.98. The SMILES string of the molecule is COC(OC)(OC)OC1(CCCNCCN)CCCCO1. The maximum absolute atomic E-state index is 5.98. The van der Waals surface area contributed by atoms with E-state index in [1.807, 2.05) is 0 Å². The molecule has 21 heavy (non-hydrogen) atoms. The first-order valence-electron chi connectivity index (χ1n) is 7.56. The van der Waals surface area contributed by atoms with Gasteiger partial charge in [-0.3, -0.25) is 4.74 Å². The average Bonchev–Trinajstić information content (AvgIpc) is 2.54. The van der Waals surface area contributed by atoms with Crippen molar-refractivity contribution in [2.75, 3.05) is 47.6 Å². The van der Waals surface area contributed by atoms with Crippen molar-refractivity contribution in [3.63, 3.8) is 0 Å². The lowest BCUT2D eigenvalue weighted by atomic mass is 10.0. The van der Waals surface area contributed by atoms with Crippen LogP contribution in [0.1, 0.15) is 32.1 Å². The Morgan fingerprint density at radius 3 is 2.38 bits per heavy atom. The third-order valence-corrected chi connectivity index (χ3v) is 3.61. The molecular weight excluding hydrogens is 276 g/mol. The Bertz CT molecular complexity index is 260. The van der Waals surface area contributed by atoms with Gasteiger partial charge in [-0.2, -0.15) is 0 Å². The summed E-state index contributed by atoms with van der Waals surface area (Å²) < 4.78 is 27.6. The number of rotatable bonds is 11. The van der Waals surface area contributed by atoms with E-state index in [0.717, 1.165) is 45.2 Å². The Hall–Kier alpha value is -0.280. The number of hydrogen-bond donors (Lipinski definition) is 2. The van der Waals surface area contributed by atoms with E-state index in [4.69, 9.17) is 29.4 Å². The van der Waals surface area contributed by atoms with Crippen LogP contribution in [0.15, 0.2) is 0 Å². The molecule has 1 fully saturated rings.